The molecule has 0 fully saturated rings. The van der Waals surface area contributed by atoms with Gasteiger partial charge in [0, 0.05) is 36.9 Å². The molecule has 0 saturated heterocycles. The van der Waals surface area contributed by atoms with E-state index in [1.165, 1.54) is 11.8 Å². The highest BCUT2D eigenvalue weighted by Crippen LogP contribution is 2.21. The standard InChI is InChI=1S/C12H23N3O2S/c1-5-11-10(9-15(3)14-11)12(13-2)7-6-8-18(4,16)17/h9,12-13H,5-8H2,1-4H3. The Morgan fingerprint density at radius 3 is 2.67 bits per heavy atom. The van der Waals surface area contributed by atoms with Gasteiger partial charge in [-0.25, -0.2) is 8.42 Å². The molecule has 1 atom stereocenters. The molecule has 0 aliphatic heterocycles. The fourth-order valence-electron chi connectivity index (χ4n) is 2.12. The SMILES string of the molecule is CCc1nn(C)cc1C(CCCS(C)(=O)=O)NC. The van der Waals surface area contributed by atoms with Gasteiger partial charge in [-0.2, -0.15) is 5.10 Å². The molecule has 0 aliphatic carbocycles. The number of aryl methyl sites for hydroxylation is 2. The van der Waals surface area contributed by atoms with Crippen molar-refractivity contribution >= 4 is 9.84 Å². The third-order valence-corrected chi connectivity index (χ3v) is 4.03. The molecule has 1 unspecified atom stereocenters. The molecule has 1 rings (SSSR count). The number of rotatable bonds is 7. The van der Waals surface area contributed by atoms with Crippen molar-refractivity contribution in [3.63, 3.8) is 0 Å². The lowest BCUT2D eigenvalue weighted by molar-refractivity contribution is 0.532. The van der Waals surface area contributed by atoms with E-state index in [2.05, 4.69) is 17.3 Å². The maximum atomic E-state index is 11.1. The van der Waals surface area contributed by atoms with Gasteiger partial charge in [-0.15, -0.1) is 0 Å². The Balaban J connectivity index is 2.71. The maximum Gasteiger partial charge on any atom is 0.147 e. The predicted octanol–water partition coefficient (Wildman–Crippen LogP) is 1.07. The molecule has 1 aromatic heterocycles. The zero-order valence-corrected chi connectivity index (χ0v) is 12.4. The van der Waals surface area contributed by atoms with E-state index in [-0.39, 0.29) is 11.8 Å². The van der Waals surface area contributed by atoms with Crippen LogP contribution in [0.25, 0.3) is 0 Å². The van der Waals surface area contributed by atoms with E-state index in [4.69, 9.17) is 0 Å². The van der Waals surface area contributed by atoms with Crippen LogP contribution >= 0.6 is 0 Å². The van der Waals surface area contributed by atoms with Crippen molar-refractivity contribution in [3.8, 4) is 0 Å². The zero-order chi connectivity index (χ0) is 13.8. The Kier molecular flexibility index (Phi) is 5.34. The van der Waals surface area contributed by atoms with Crippen LogP contribution in [-0.2, 0) is 23.3 Å². The molecule has 0 spiro atoms. The summed E-state index contributed by atoms with van der Waals surface area (Å²) in [5, 5.41) is 7.66. The predicted molar refractivity (Wildman–Crippen MR) is 73.3 cm³/mol. The lowest BCUT2D eigenvalue weighted by Gasteiger charge is -2.15. The summed E-state index contributed by atoms with van der Waals surface area (Å²) in [7, 11) is 0.940. The van der Waals surface area contributed by atoms with Crippen LogP contribution in [-0.4, -0.2) is 37.3 Å². The lowest BCUT2D eigenvalue weighted by Crippen LogP contribution is -2.18. The van der Waals surface area contributed by atoms with Gasteiger partial charge in [0.15, 0.2) is 0 Å². The van der Waals surface area contributed by atoms with Gasteiger partial charge in [0.25, 0.3) is 0 Å². The van der Waals surface area contributed by atoms with Crippen molar-refractivity contribution in [1.82, 2.24) is 15.1 Å². The van der Waals surface area contributed by atoms with Gasteiger partial charge in [0.05, 0.1) is 5.69 Å². The van der Waals surface area contributed by atoms with Crippen molar-refractivity contribution in [2.24, 2.45) is 7.05 Å². The van der Waals surface area contributed by atoms with E-state index in [1.807, 2.05) is 25.0 Å². The van der Waals surface area contributed by atoms with E-state index in [0.29, 0.717) is 6.42 Å². The fraction of sp³-hybridized carbons (Fsp3) is 0.750. The lowest BCUT2D eigenvalue weighted by atomic mass is 10.0. The molecule has 104 valence electrons. The summed E-state index contributed by atoms with van der Waals surface area (Å²) in [5.41, 5.74) is 2.26. The quantitative estimate of drug-likeness (QED) is 0.807. The largest absolute Gasteiger partial charge is 0.313 e. The second kappa shape index (κ2) is 6.33. The minimum atomic E-state index is -2.87. The molecule has 0 aliphatic rings. The minimum absolute atomic E-state index is 0.176. The Labute approximate surface area is 109 Å². The topological polar surface area (TPSA) is 64.0 Å². The van der Waals surface area contributed by atoms with Crippen LogP contribution in [0.15, 0.2) is 6.20 Å². The summed E-state index contributed by atoms with van der Waals surface area (Å²) >= 11 is 0. The van der Waals surface area contributed by atoms with E-state index in [0.717, 1.165) is 18.5 Å². The summed E-state index contributed by atoms with van der Waals surface area (Å²) in [5.74, 6) is 0.243. The smallest absolute Gasteiger partial charge is 0.147 e. The van der Waals surface area contributed by atoms with Crippen LogP contribution in [0.1, 0.15) is 37.1 Å². The Hall–Kier alpha value is -0.880. The van der Waals surface area contributed by atoms with Gasteiger partial charge in [-0.3, -0.25) is 4.68 Å². The Morgan fingerprint density at radius 2 is 2.17 bits per heavy atom. The first-order chi connectivity index (χ1) is 8.37. The average molecular weight is 273 g/mol. The molecular formula is C12H23N3O2S. The molecule has 6 heteroatoms. The van der Waals surface area contributed by atoms with E-state index in [9.17, 15) is 8.42 Å². The van der Waals surface area contributed by atoms with Crippen LogP contribution < -0.4 is 5.32 Å². The van der Waals surface area contributed by atoms with Crippen molar-refractivity contribution in [2.75, 3.05) is 19.1 Å². The first-order valence-corrected chi connectivity index (χ1v) is 8.30. The number of nitrogens with zero attached hydrogens (tertiary/aromatic N) is 2. The minimum Gasteiger partial charge on any atom is -0.313 e. The monoisotopic (exact) mass is 273 g/mol. The van der Waals surface area contributed by atoms with Crippen LogP contribution in [0.3, 0.4) is 0 Å². The number of hydrogen-bond donors (Lipinski definition) is 1. The third kappa shape index (κ3) is 4.42. The fourth-order valence-corrected chi connectivity index (χ4v) is 2.81. The number of hydrogen-bond acceptors (Lipinski definition) is 4. The number of nitrogens with one attached hydrogen (secondary N) is 1. The molecule has 5 nitrogen and oxygen atoms in total. The molecule has 0 aromatic carbocycles. The first-order valence-electron chi connectivity index (χ1n) is 6.24. The second-order valence-electron chi connectivity index (χ2n) is 4.67. The molecule has 0 saturated carbocycles. The maximum absolute atomic E-state index is 11.1. The van der Waals surface area contributed by atoms with E-state index in [1.54, 1.807) is 0 Å². The van der Waals surface area contributed by atoms with E-state index >= 15 is 0 Å². The van der Waals surface area contributed by atoms with Crippen LogP contribution in [0.5, 0.6) is 0 Å². The van der Waals surface area contributed by atoms with Gasteiger partial charge in [-0.1, -0.05) is 6.92 Å². The van der Waals surface area contributed by atoms with Crippen LogP contribution in [0, 0.1) is 0 Å². The van der Waals surface area contributed by atoms with Gasteiger partial charge in [0.2, 0.25) is 0 Å². The molecule has 1 N–H and O–H groups in total. The van der Waals surface area contributed by atoms with Crippen LogP contribution in [0.2, 0.25) is 0 Å². The normalized spacial score (nSPS) is 13.8. The van der Waals surface area contributed by atoms with Crippen molar-refractivity contribution < 1.29 is 8.42 Å². The van der Waals surface area contributed by atoms with Crippen LogP contribution in [0.4, 0.5) is 0 Å². The summed E-state index contributed by atoms with van der Waals surface area (Å²) in [6, 6.07) is 0.176. The van der Waals surface area contributed by atoms with Gasteiger partial charge >= 0.3 is 0 Å². The molecule has 1 aromatic rings. The molecule has 1 heterocycles. The first kappa shape index (κ1) is 15.2. The summed E-state index contributed by atoms with van der Waals surface area (Å²) in [6.07, 6.45) is 5.66. The highest BCUT2D eigenvalue weighted by Gasteiger charge is 2.16. The molecule has 18 heavy (non-hydrogen) atoms. The highest BCUT2D eigenvalue weighted by molar-refractivity contribution is 7.90. The molecular weight excluding hydrogens is 250 g/mol. The van der Waals surface area contributed by atoms with E-state index < -0.39 is 9.84 Å². The Bertz CT molecular complexity index is 480. The summed E-state index contributed by atoms with van der Waals surface area (Å²) in [6.45, 7) is 2.08. The third-order valence-electron chi connectivity index (χ3n) is 3.00. The second-order valence-corrected chi connectivity index (χ2v) is 6.93. The van der Waals surface area contributed by atoms with Crippen molar-refractivity contribution in [1.29, 1.82) is 0 Å². The zero-order valence-electron chi connectivity index (χ0n) is 11.6. The van der Waals surface area contributed by atoms with Gasteiger partial charge in [-0.05, 0) is 26.3 Å². The molecule has 0 radical (unpaired) electrons. The average Bonchev–Trinajstić information content (AvgIpc) is 2.64. The highest BCUT2D eigenvalue weighted by atomic mass is 32.2. The molecule has 0 bridgehead atoms. The molecule has 0 amide bonds. The Morgan fingerprint density at radius 1 is 1.50 bits per heavy atom. The number of aromatic nitrogens is 2. The summed E-state index contributed by atoms with van der Waals surface area (Å²) in [4.78, 5) is 0. The van der Waals surface area contributed by atoms with Gasteiger partial charge < -0.3 is 5.32 Å². The number of sulfone groups is 1. The van der Waals surface area contributed by atoms with Crippen molar-refractivity contribution in [2.45, 2.75) is 32.2 Å². The summed E-state index contributed by atoms with van der Waals surface area (Å²) < 4.78 is 24.1. The van der Waals surface area contributed by atoms with Crippen molar-refractivity contribution in [3.05, 3.63) is 17.5 Å². The van der Waals surface area contributed by atoms with Gasteiger partial charge in [0.1, 0.15) is 9.84 Å².